The monoisotopic (exact) mass is 211 g/mol. The highest BCUT2D eigenvalue weighted by atomic mass is 28.4. The smallest absolute Gasteiger partial charge is 0.242 e. The van der Waals surface area contributed by atoms with Crippen LogP contribution in [0.1, 0.15) is 0 Å². The fourth-order valence-electron chi connectivity index (χ4n) is 1.11. The van der Waals surface area contributed by atoms with Crippen molar-refractivity contribution in [2.45, 2.75) is 19.6 Å². The van der Waals surface area contributed by atoms with E-state index in [9.17, 15) is 0 Å². The number of hydrogen-bond acceptors (Lipinski definition) is 3. The maximum atomic E-state index is 5.80. The highest BCUT2D eigenvalue weighted by Crippen LogP contribution is 2.27. The summed E-state index contributed by atoms with van der Waals surface area (Å²) in [7, 11) is 0.0537. The van der Waals surface area contributed by atoms with E-state index >= 15 is 0 Å². The summed E-state index contributed by atoms with van der Waals surface area (Å²) < 4.78 is 10.9. The van der Waals surface area contributed by atoms with E-state index in [4.69, 9.17) is 14.9 Å². The van der Waals surface area contributed by atoms with E-state index in [0.717, 1.165) is 5.75 Å². The Morgan fingerprint density at radius 1 is 1.21 bits per heavy atom. The van der Waals surface area contributed by atoms with Crippen LogP contribution in [-0.4, -0.2) is 15.4 Å². The molecule has 3 nitrogen and oxygen atoms in total. The second-order valence-electron chi connectivity index (χ2n) is 4.12. The Morgan fingerprint density at radius 2 is 1.86 bits per heavy atom. The van der Waals surface area contributed by atoms with Gasteiger partial charge in [0.15, 0.2) is 0 Å². The average molecular weight is 211 g/mol. The molecule has 0 aliphatic rings. The van der Waals surface area contributed by atoms with Crippen molar-refractivity contribution in [3.63, 3.8) is 0 Å². The van der Waals surface area contributed by atoms with Crippen LogP contribution in [0, 0.1) is 0 Å². The molecule has 0 aromatic heterocycles. The summed E-state index contributed by atoms with van der Waals surface area (Å²) >= 11 is 0. The van der Waals surface area contributed by atoms with Gasteiger partial charge in [0.2, 0.25) is 8.32 Å². The van der Waals surface area contributed by atoms with Gasteiger partial charge in [0.25, 0.3) is 0 Å². The molecule has 0 radical (unpaired) electrons. The van der Waals surface area contributed by atoms with Crippen LogP contribution < -0.4 is 14.9 Å². The van der Waals surface area contributed by atoms with E-state index in [0.29, 0.717) is 11.4 Å². The van der Waals surface area contributed by atoms with Gasteiger partial charge in [-0.1, -0.05) is 0 Å². The minimum absolute atomic E-state index is 0.635. The summed E-state index contributed by atoms with van der Waals surface area (Å²) in [5.41, 5.74) is 6.33. The van der Waals surface area contributed by atoms with Crippen molar-refractivity contribution in [3.8, 4) is 11.5 Å². The molecule has 0 aliphatic heterocycles. The van der Waals surface area contributed by atoms with Gasteiger partial charge >= 0.3 is 0 Å². The number of hydrogen-bond donors (Lipinski definition) is 1. The van der Waals surface area contributed by atoms with Gasteiger partial charge in [-0.2, -0.15) is 0 Å². The van der Waals surface area contributed by atoms with E-state index in [1.54, 1.807) is 13.2 Å². The first kappa shape index (κ1) is 10.9. The Bertz CT molecular complexity index is 320. The van der Waals surface area contributed by atoms with Crippen LogP contribution in [0.25, 0.3) is 0 Å². The predicted octanol–water partition coefficient (Wildman–Crippen LogP) is 2.49. The van der Waals surface area contributed by atoms with Crippen molar-refractivity contribution in [2.24, 2.45) is 0 Å². The topological polar surface area (TPSA) is 44.5 Å². The fraction of sp³-hybridized carbons (Fsp3) is 0.400. The van der Waals surface area contributed by atoms with E-state index in [2.05, 4.69) is 19.6 Å². The molecule has 0 spiro atoms. The first-order chi connectivity index (χ1) is 6.42. The lowest BCUT2D eigenvalue weighted by Crippen LogP contribution is -2.29. The quantitative estimate of drug-likeness (QED) is 0.617. The molecule has 4 heteroatoms. The van der Waals surface area contributed by atoms with Crippen LogP contribution in [0.5, 0.6) is 11.5 Å². The number of nitrogens with two attached hydrogens (primary N) is 1. The van der Waals surface area contributed by atoms with Gasteiger partial charge in [0, 0.05) is 6.07 Å². The molecular formula is C10H17NO2Si. The van der Waals surface area contributed by atoms with Crippen LogP contribution in [0.3, 0.4) is 0 Å². The lowest BCUT2D eigenvalue weighted by molar-refractivity contribution is 0.414. The molecule has 2 N–H and O–H groups in total. The van der Waals surface area contributed by atoms with Gasteiger partial charge < -0.3 is 14.9 Å². The van der Waals surface area contributed by atoms with Crippen LogP contribution in [0.4, 0.5) is 5.69 Å². The minimum atomic E-state index is -1.55. The molecule has 0 fully saturated rings. The Balaban J connectivity index is 2.90. The first-order valence-corrected chi connectivity index (χ1v) is 7.96. The normalized spacial score (nSPS) is 11.1. The molecule has 78 valence electrons. The van der Waals surface area contributed by atoms with Gasteiger partial charge in [-0.15, -0.1) is 0 Å². The van der Waals surface area contributed by atoms with E-state index < -0.39 is 8.32 Å². The number of methoxy groups -OCH3 is 1. The Hall–Kier alpha value is -1.16. The molecule has 0 amide bonds. The first-order valence-electron chi connectivity index (χ1n) is 4.55. The van der Waals surface area contributed by atoms with Crippen molar-refractivity contribution in [1.29, 1.82) is 0 Å². The Morgan fingerprint density at radius 3 is 2.36 bits per heavy atom. The van der Waals surface area contributed by atoms with Gasteiger partial charge in [0.05, 0.1) is 12.8 Å². The maximum absolute atomic E-state index is 5.80. The summed E-state index contributed by atoms with van der Waals surface area (Å²) in [4.78, 5) is 0. The second kappa shape index (κ2) is 3.92. The molecule has 0 unspecified atom stereocenters. The van der Waals surface area contributed by atoms with Gasteiger partial charge in [-0.25, -0.2) is 0 Å². The predicted molar refractivity (Wildman–Crippen MR) is 61.4 cm³/mol. The molecule has 0 atom stereocenters. The van der Waals surface area contributed by atoms with E-state index in [1.165, 1.54) is 0 Å². The van der Waals surface area contributed by atoms with Crippen LogP contribution in [-0.2, 0) is 0 Å². The van der Waals surface area contributed by atoms with Crippen molar-refractivity contribution >= 4 is 14.0 Å². The zero-order valence-corrected chi connectivity index (χ0v) is 10.1. The van der Waals surface area contributed by atoms with Gasteiger partial charge in [-0.3, -0.25) is 0 Å². The van der Waals surface area contributed by atoms with Gasteiger partial charge in [-0.05, 0) is 31.8 Å². The molecule has 0 saturated carbocycles. The largest absolute Gasteiger partial charge is 0.544 e. The van der Waals surface area contributed by atoms with E-state index in [1.807, 2.05) is 12.1 Å². The Kier molecular flexibility index (Phi) is 3.05. The van der Waals surface area contributed by atoms with Crippen molar-refractivity contribution in [3.05, 3.63) is 18.2 Å². The zero-order chi connectivity index (χ0) is 10.8. The summed E-state index contributed by atoms with van der Waals surface area (Å²) in [6.07, 6.45) is 0. The third-order valence-corrected chi connectivity index (χ3v) is 2.48. The summed E-state index contributed by atoms with van der Waals surface area (Å²) in [5, 5.41) is 0. The zero-order valence-electron chi connectivity index (χ0n) is 9.13. The number of rotatable bonds is 3. The molecule has 1 rings (SSSR count). The maximum Gasteiger partial charge on any atom is 0.242 e. The van der Waals surface area contributed by atoms with Crippen molar-refractivity contribution in [2.75, 3.05) is 12.8 Å². The summed E-state index contributed by atoms with van der Waals surface area (Å²) in [6, 6.07) is 5.50. The number of ether oxygens (including phenoxy) is 1. The highest BCUT2D eigenvalue weighted by molar-refractivity contribution is 6.70. The second-order valence-corrected chi connectivity index (χ2v) is 8.55. The minimum Gasteiger partial charge on any atom is -0.544 e. The molecule has 1 aromatic rings. The molecule has 14 heavy (non-hydrogen) atoms. The number of nitrogen functional groups attached to an aromatic ring is 1. The standard InChI is InChI=1S/C10H17NO2Si/c1-12-10-7-8(5-6-9(10)11)13-14(2,3)4/h5-7H,11H2,1-4H3. The lowest BCUT2D eigenvalue weighted by atomic mass is 10.3. The molecule has 0 bridgehead atoms. The summed E-state index contributed by atoms with van der Waals surface area (Å²) in [5.74, 6) is 1.50. The van der Waals surface area contributed by atoms with Crippen molar-refractivity contribution in [1.82, 2.24) is 0 Å². The Labute approximate surface area is 86.0 Å². The SMILES string of the molecule is COc1cc(O[Si](C)(C)C)ccc1N. The third kappa shape index (κ3) is 2.96. The molecule has 0 aliphatic carbocycles. The fourth-order valence-corrected chi connectivity index (χ4v) is 1.94. The van der Waals surface area contributed by atoms with Crippen LogP contribution >= 0.6 is 0 Å². The molecule has 1 aromatic carbocycles. The average Bonchev–Trinajstić information content (AvgIpc) is 2.06. The number of anilines is 1. The van der Waals surface area contributed by atoms with Crippen LogP contribution in [0.2, 0.25) is 19.6 Å². The van der Waals surface area contributed by atoms with E-state index in [-0.39, 0.29) is 0 Å². The van der Waals surface area contributed by atoms with Crippen molar-refractivity contribution < 1.29 is 9.16 Å². The highest BCUT2D eigenvalue weighted by Gasteiger charge is 2.16. The molecular weight excluding hydrogens is 194 g/mol. The molecule has 0 saturated heterocycles. The number of benzene rings is 1. The molecule has 0 heterocycles. The lowest BCUT2D eigenvalue weighted by Gasteiger charge is -2.19. The third-order valence-electron chi connectivity index (χ3n) is 1.63. The van der Waals surface area contributed by atoms with Crippen LogP contribution in [0.15, 0.2) is 18.2 Å². The van der Waals surface area contributed by atoms with Gasteiger partial charge in [0.1, 0.15) is 11.5 Å². The summed E-state index contributed by atoms with van der Waals surface area (Å²) in [6.45, 7) is 6.40.